The second-order valence-corrected chi connectivity index (χ2v) is 12.3. The maximum Gasteiger partial charge on any atom is 0.310 e. The molecule has 3 fully saturated rings. The van der Waals surface area contributed by atoms with E-state index in [0.717, 1.165) is 0 Å². The number of fused-ring (bicyclic) bond motifs is 1. The van der Waals surface area contributed by atoms with E-state index in [0.29, 0.717) is 24.3 Å². The first-order valence-electron chi connectivity index (χ1n) is 12.3. The molecule has 7 atom stereocenters. The lowest BCUT2D eigenvalue weighted by Crippen LogP contribution is -2.57. The van der Waals surface area contributed by atoms with Gasteiger partial charge in [0.2, 0.25) is 5.91 Å². The van der Waals surface area contributed by atoms with Crippen molar-refractivity contribution in [3.8, 4) is 5.75 Å². The quantitative estimate of drug-likeness (QED) is 0.182. The molecule has 1 spiro atoms. The van der Waals surface area contributed by atoms with E-state index in [9.17, 15) is 19.5 Å². The number of methoxy groups -OCH3 is 1. The average Bonchev–Trinajstić information content (AvgIpc) is 3.50. The van der Waals surface area contributed by atoms with Gasteiger partial charge in [0.15, 0.2) is 0 Å². The molecule has 10 heteroatoms. The molecule has 0 saturated carbocycles. The predicted molar refractivity (Wildman–Crippen MR) is 147 cm³/mol. The summed E-state index contributed by atoms with van der Waals surface area (Å²) >= 11 is 5.27. The van der Waals surface area contributed by atoms with Crippen LogP contribution in [-0.4, -0.2) is 81.6 Å². The molecule has 0 aliphatic carbocycles. The third kappa shape index (κ3) is 4.61. The number of nitrogens with zero attached hydrogens (tertiary/aromatic N) is 2. The molecule has 2 amide bonds. The molecule has 8 nitrogen and oxygen atoms in total. The Morgan fingerprint density at radius 3 is 2.62 bits per heavy atom. The molecule has 3 aliphatic rings. The Balaban J connectivity index is 1.76. The van der Waals surface area contributed by atoms with E-state index < -0.39 is 34.6 Å². The van der Waals surface area contributed by atoms with Gasteiger partial charge in [-0.05, 0) is 44.0 Å². The first kappa shape index (κ1) is 27.7. The first-order valence-corrected chi connectivity index (χ1v) is 14.1. The second-order valence-electron chi connectivity index (χ2n) is 9.62. The Bertz CT molecular complexity index is 1070. The Morgan fingerprint density at radius 2 is 2.03 bits per heavy atom. The number of carbonyl (C=O) groups is 3. The highest BCUT2D eigenvalue weighted by molar-refractivity contribution is 9.09. The molecule has 1 N–H and O–H groups in total. The van der Waals surface area contributed by atoms with Crippen molar-refractivity contribution in [3.63, 3.8) is 0 Å². The van der Waals surface area contributed by atoms with E-state index in [4.69, 9.17) is 9.47 Å². The Kier molecular flexibility index (Phi) is 8.40. The van der Waals surface area contributed by atoms with E-state index in [-0.39, 0.29) is 41.6 Å². The lowest BCUT2D eigenvalue weighted by molar-refractivity contribution is -0.154. The number of rotatable bonds is 11. The van der Waals surface area contributed by atoms with Crippen molar-refractivity contribution in [1.82, 2.24) is 4.90 Å². The lowest BCUT2D eigenvalue weighted by Gasteiger charge is -2.39. The summed E-state index contributed by atoms with van der Waals surface area (Å²) in [6, 6.07) is 5.65. The highest BCUT2D eigenvalue weighted by atomic mass is 79.9. The zero-order valence-corrected chi connectivity index (χ0v) is 23.4. The maximum absolute atomic E-state index is 14.4. The monoisotopic (exact) mass is 592 g/mol. The number of aliphatic hydroxyl groups is 1. The molecule has 37 heavy (non-hydrogen) atoms. The van der Waals surface area contributed by atoms with Gasteiger partial charge in [0.25, 0.3) is 5.91 Å². The topological polar surface area (TPSA) is 96.4 Å². The van der Waals surface area contributed by atoms with Gasteiger partial charge in [-0.2, -0.15) is 0 Å². The molecule has 0 radical (unpaired) electrons. The minimum absolute atomic E-state index is 0.0629. The van der Waals surface area contributed by atoms with Gasteiger partial charge in [-0.25, -0.2) is 0 Å². The molecule has 3 saturated heterocycles. The number of ether oxygens (including phenoxy) is 2. The van der Waals surface area contributed by atoms with Crippen LogP contribution in [0.4, 0.5) is 5.69 Å². The van der Waals surface area contributed by atoms with Crippen molar-refractivity contribution in [2.45, 2.75) is 46.7 Å². The highest BCUT2D eigenvalue weighted by Crippen LogP contribution is 2.68. The number of amides is 2. The molecule has 0 aromatic heterocycles. The molecular formula is C27H33BrN2O6S. The zero-order chi connectivity index (χ0) is 26.9. The molecule has 4 rings (SSSR count). The van der Waals surface area contributed by atoms with Gasteiger partial charge >= 0.3 is 5.97 Å². The van der Waals surface area contributed by atoms with E-state index >= 15 is 0 Å². The number of thioether (sulfide) groups is 1. The molecular weight excluding hydrogens is 560 g/mol. The van der Waals surface area contributed by atoms with Crippen LogP contribution in [0.1, 0.15) is 19.8 Å². The molecule has 1 aromatic rings. The SMILES string of the molecule is C=CCCOC(=O)[C@H]1[C@H]2C(=O)N([C@H](C)CO)C(C(=O)N(CC=C)c3ccc(OC)cc3)C23CC(Br)[C@@H]1S3. The third-order valence-electron chi connectivity index (χ3n) is 7.50. The molecule has 1 aromatic carbocycles. The van der Waals surface area contributed by atoms with Crippen LogP contribution in [0.2, 0.25) is 0 Å². The fourth-order valence-corrected chi connectivity index (χ4v) is 9.46. The summed E-state index contributed by atoms with van der Waals surface area (Å²) in [6.07, 6.45) is 4.38. The predicted octanol–water partition coefficient (Wildman–Crippen LogP) is 3.18. The van der Waals surface area contributed by atoms with Gasteiger partial charge in [-0.3, -0.25) is 14.4 Å². The smallest absolute Gasteiger partial charge is 0.310 e. The molecule has 2 bridgehead atoms. The number of hydrogen-bond acceptors (Lipinski definition) is 7. The molecule has 200 valence electrons. The van der Waals surface area contributed by atoms with Gasteiger partial charge in [0.05, 0.1) is 42.9 Å². The van der Waals surface area contributed by atoms with Gasteiger partial charge in [0.1, 0.15) is 11.8 Å². The Hall–Kier alpha value is -2.30. The number of hydrogen-bond donors (Lipinski definition) is 1. The largest absolute Gasteiger partial charge is 0.497 e. The van der Waals surface area contributed by atoms with Crippen molar-refractivity contribution in [2.75, 3.05) is 31.8 Å². The number of carbonyl (C=O) groups excluding carboxylic acids is 3. The summed E-state index contributed by atoms with van der Waals surface area (Å²) in [6.45, 7) is 9.34. The van der Waals surface area contributed by atoms with Crippen molar-refractivity contribution in [2.24, 2.45) is 11.8 Å². The summed E-state index contributed by atoms with van der Waals surface area (Å²) in [7, 11) is 1.57. The van der Waals surface area contributed by atoms with Crippen LogP contribution < -0.4 is 9.64 Å². The van der Waals surface area contributed by atoms with E-state index in [1.807, 2.05) is 0 Å². The van der Waals surface area contributed by atoms with Crippen molar-refractivity contribution in [1.29, 1.82) is 0 Å². The maximum atomic E-state index is 14.4. The normalized spacial score (nSPS) is 30.5. The summed E-state index contributed by atoms with van der Waals surface area (Å²) in [5.41, 5.74) is 0.642. The van der Waals surface area contributed by atoms with Gasteiger partial charge in [-0.1, -0.05) is 28.1 Å². The summed E-state index contributed by atoms with van der Waals surface area (Å²) in [5, 5.41) is 9.87. The minimum atomic E-state index is -0.866. The van der Waals surface area contributed by atoms with Crippen LogP contribution in [-0.2, 0) is 19.1 Å². The van der Waals surface area contributed by atoms with Crippen LogP contribution in [0, 0.1) is 11.8 Å². The van der Waals surface area contributed by atoms with Crippen LogP contribution in [0.25, 0.3) is 0 Å². The Morgan fingerprint density at radius 1 is 1.32 bits per heavy atom. The van der Waals surface area contributed by atoms with Crippen LogP contribution in [0.5, 0.6) is 5.75 Å². The number of benzene rings is 1. The summed E-state index contributed by atoms with van der Waals surface area (Å²) < 4.78 is 9.96. The lowest BCUT2D eigenvalue weighted by atomic mass is 9.71. The van der Waals surface area contributed by atoms with Gasteiger partial charge < -0.3 is 24.4 Å². The van der Waals surface area contributed by atoms with Gasteiger partial charge in [-0.15, -0.1) is 24.9 Å². The van der Waals surface area contributed by atoms with Crippen LogP contribution in [0.15, 0.2) is 49.6 Å². The fraction of sp³-hybridized carbons (Fsp3) is 0.519. The standard InChI is InChI=1S/C27H33BrN2O6S/c1-5-7-13-36-26(34)20-21-24(32)30(16(3)15-31)23(27(21)14-19(28)22(20)37-27)25(33)29(12-6-2)17-8-10-18(35-4)11-9-17/h5-6,8-11,16,19-23,31H,1-2,7,12-15H2,3-4H3/t16-,19?,20+,21+,22+,23?,27?/m1/s1. The number of esters is 1. The van der Waals surface area contributed by atoms with Crippen LogP contribution >= 0.6 is 27.7 Å². The molecule has 3 unspecified atom stereocenters. The van der Waals surface area contributed by atoms with Crippen molar-refractivity contribution >= 4 is 51.2 Å². The molecule has 3 aliphatic heterocycles. The van der Waals surface area contributed by atoms with Crippen molar-refractivity contribution in [3.05, 3.63) is 49.6 Å². The first-order chi connectivity index (χ1) is 17.7. The Labute approximate surface area is 230 Å². The van der Waals surface area contributed by atoms with Gasteiger partial charge in [0, 0.05) is 22.3 Å². The number of likely N-dealkylation sites (tertiary alicyclic amines) is 1. The summed E-state index contributed by atoms with van der Waals surface area (Å²) in [4.78, 5) is 44.7. The number of alkyl halides is 1. The van der Waals surface area contributed by atoms with Crippen LogP contribution in [0.3, 0.4) is 0 Å². The summed E-state index contributed by atoms with van der Waals surface area (Å²) in [5.74, 6) is -1.71. The fourth-order valence-electron chi connectivity index (χ4n) is 5.88. The zero-order valence-electron chi connectivity index (χ0n) is 21.0. The van der Waals surface area contributed by atoms with Crippen molar-refractivity contribution < 1.29 is 29.0 Å². The number of aliphatic hydroxyl groups excluding tert-OH is 1. The second kappa shape index (κ2) is 11.2. The van der Waals surface area contributed by atoms with E-state index in [2.05, 4.69) is 29.1 Å². The molecule has 3 heterocycles. The van der Waals surface area contributed by atoms with E-state index in [1.54, 1.807) is 55.4 Å². The van der Waals surface area contributed by atoms with E-state index in [1.165, 1.54) is 16.7 Å². The highest BCUT2D eigenvalue weighted by Gasteiger charge is 2.76. The average molecular weight is 594 g/mol. The number of anilines is 1. The minimum Gasteiger partial charge on any atom is -0.497 e. The number of halogens is 1. The third-order valence-corrected chi connectivity index (χ3v) is 10.7.